The molecule has 1 aromatic carbocycles. The molecule has 0 aliphatic carbocycles. The normalized spacial score (nSPS) is 19.1. The summed E-state index contributed by atoms with van der Waals surface area (Å²) in [5.74, 6) is -0.174. The molecule has 4 rings (SSSR count). The van der Waals surface area contributed by atoms with Gasteiger partial charge in [-0.15, -0.1) is 6.58 Å². The highest BCUT2D eigenvalue weighted by atomic mass is 32.2. The molecule has 2 fully saturated rings. The first-order chi connectivity index (χ1) is 15.0. The minimum Gasteiger partial charge on any atom is -0.368 e. The van der Waals surface area contributed by atoms with Crippen molar-refractivity contribution < 1.29 is 4.79 Å². The molecule has 0 radical (unpaired) electrons. The third kappa shape index (κ3) is 3.95. The van der Waals surface area contributed by atoms with Crippen molar-refractivity contribution in [2.45, 2.75) is 6.92 Å². The van der Waals surface area contributed by atoms with Crippen LogP contribution in [0, 0.1) is 0 Å². The molecule has 1 aromatic heterocycles. The fraction of sp³-hybridized carbons (Fsp3) is 0.348. The van der Waals surface area contributed by atoms with Crippen LogP contribution in [0.4, 0.5) is 5.69 Å². The topological polar surface area (TPSA) is 48.8 Å². The van der Waals surface area contributed by atoms with Crippen LogP contribution in [0.3, 0.4) is 0 Å². The van der Waals surface area contributed by atoms with E-state index in [0.717, 1.165) is 49.3 Å². The molecule has 0 unspecified atom stereocenters. The molecular formula is C23H26N4O2S2. The zero-order valence-electron chi connectivity index (χ0n) is 17.8. The van der Waals surface area contributed by atoms with Crippen LogP contribution >= 0.6 is 24.0 Å². The lowest BCUT2D eigenvalue weighted by atomic mass is 10.1. The van der Waals surface area contributed by atoms with E-state index in [0.29, 0.717) is 21.3 Å². The number of aromatic nitrogens is 1. The van der Waals surface area contributed by atoms with Crippen LogP contribution in [0.1, 0.15) is 12.5 Å². The Balaban J connectivity index is 1.88. The van der Waals surface area contributed by atoms with Gasteiger partial charge >= 0.3 is 0 Å². The number of anilines is 1. The summed E-state index contributed by atoms with van der Waals surface area (Å²) in [4.78, 5) is 33.0. The maximum Gasteiger partial charge on any atom is 0.266 e. The second kappa shape index (κ2) is 8.98. The largest absolute Gasteiger partial charge is 0.368 e. The van der Waals surface area contributed by atoms with E-state index in [4.69, 9.17) is 12.2 Å². The number of likely N-dealkylation sites (N-methyl/N-ethyl adjacent to an activating group) is 1. The Hall–Kier alpha value is -2.42. The van der Waals surface area contributed by atoms with E-state index in [1.54, 1.807) is 23.8 Å². The molecule has 0 saturated carbocycles. The van der Waals surface area contributed by atoms with Gasteiger partial charge in [-0.1, -0.05) is 55.2 Å². The Bertz CT molecular complexity index is 1150. The minimum atomic E-state index is -0.174. The molecule has 2 saturated heterocycles. The molecule has 0 atom stereocenters. The van der Waals surface area contributed by atoms with Gasteiger partial charge in [0.2, 0.25) is 0 Å². The second-order valence-electron chi connectivity index (χ2n) is 7.65. The summed E-state index contributed by atoms with van der Waals surface area (Å²) in [6, 6.07) is 7.96. The number of amides is 1. The van der Waals surface area contributed by atoms with E-state index < -0.39 is 0 Å². The van der Waals surface area contributed by atoms with Gasteiger partial charge in [-0.3, -0.25) is 14.5 Å². The number of para-hydroxylation sites is 1. The van der Waals surface area contributed by atoms with Crippen LogP contribution in [0.25, 0.3) is 17.0 Å². The summed E-state index contributed by atoms with van der Waals surface area (Å²) in [5, 5.41) is 1.02. The van der Waals surface area contributed by atoms with Gasteiger partial charge < -0.3 is 14.4 Å². The summed E-state index contributed by atoms with van der Waals surface area (Å²) in [6.07, 6.45) is 3.39. The van der Waals surface area contributed by atoms with Crippen LogP contribution in [-0.2, 0) is 11.8 Å². The molecule has 2 aromatic rings. The summed E-state index contributed by atoms with van der Waals surface area (Å²) in [7, 11) is 1.78. The van der Waals surface area contributed by atoms with Gasteiger partial charge in [-0.25, -0.2) is 0 Å². The number of pyridine rings is 1. The predicted octanol–water partition coefficient (Wildman–Crippen LogP) is 3.07. The first kappa shape index (κ1) is 21.8. The first-order valence-corrected chi connectivity index (χ1v) is 11.6. The van der Waals surface area contributed by atoms with E-state index in [9.17, 15) is 9.59 Å². The Labute approximate surface area is 191 Å². The highest BCUT2D eigenvalue weighted by molar-refractivity contribution is 8.26. The van der Waals surface area contributed by atoms with Crippen molar-refractivity contribution in [3.05, 3.63) is 57.7 Å². The number of hydrogen-bond acceptors (Lipinski definition) is 6. The lowest BCUT2D eigenvalue weighted by molar-refractivity contribution is -0.121. The Kier molecular flexibility index (Phi) is 6.31. The van der Waals surface area contributed by atoms with Crippen LogP contribution < -0.4 is 10.5 Å². The number of carbonyl (C=O) groups is 1. The van der Waals surface area contributed by atoms with E-state index >= 15 is 0 Å². The zero-order chi connectivity index (χ0) is 22.1. The van der Waals surface area contributed by atoms with Gasteiger partial charge in [0.1, 0.15) is 4.32 Å². The number of hydrogen-bond donors (Lipinski definition) is 0. The lowest BCUT2D eigenvalue weighted by Gasteiger charge is -2.37. The molecule has 0 N–H and O–H groups in total. The van der Waals surface area contributed by atoms with E-state index in [-0.39, 0.29) is 11.5 Å². The molecule has 8 heteroatoms. The standard InChI is InChI=1S/C23H26N4O2S2/c1-4-10-27-22(29)19(31-23(27)30)15-17-20(26-13-11-25(5-2)12-14-26)16-8-6-7-9-18(16)24(3)21(17)28/h4,6-9,15H,1,5,10-14H2,2-3H3. The second-order valence-corrected chi connectivity index (χ2v) is 9.32. The van der Waals surface area contributed by atoms with Crippen molar-refractivity contribution in [2.24, 2.45) is 7.05 Å². The van der Waals surface area contributed by atoms with Gasteiger partial charge in [0.15, 0.2) is 0 Å². The molecule has 2 aliphatic heterocycles. The van der Waals surface area contributed by atoms with Gasteiger partial charge in [-0.05, 0) is 18.7 Å². The van der Waals surface area contributed by atoms with Crippen molar-refractivity contribution in [1.82, 2.24) is 14.4 Å². The lowest BCUT2D eigenvalue weighted by Crippen LogP contribution is -2.47. The third-order valence-electron chi connectivity index (χ3n) is 5.91. The number of fused-ring (bicyclic) bond motifs is 1. The fourth-order valence-corrected chi connectivity index (χ4v) is 5.44. The third-order valence-corrected chi connectivity index (χ3v) is 7.28. The Morgan fingerprint density at radius 1 is 1.16 bits per heavy atom. The molecule has 3 heterocycles. The average molecular weight is 455 g/mol. The molecule has 1 amide bonds. The Morgan fingerprint density at radius 2 is 1.87 bits per heavy atom. The summed E-state index contributed by atoms with van der Waals surface area (Å²) >= 11 is 6.62. The highest BCUT2D eigenvalue weighted by Gasteiger charge is 2.32. The van der Waals surface area contributed by atoms with Crippen molar-refractivity contribution in [1.29, 1.82) is 0 Å². The van der Waals surface area contributed by atoms with Crippen molar-refractivity contribution in [2.75, 3.05) is 44.2 Å². The van der Waals surface area contributed by atoms with Crippen LogP contribution in [-0.4, -0.2) is 63.9 Å². The first-order valence-electron chi connectivity index (χ1n) is 10.4. The predicted molar refractivity (Wildman–Crippen MR) is 134 cm³/mol. The van der Waals surface area contributed by atoms with Gasteiger partial charge in [-0.2, -0.15) is 0 Å². The van der Waals surface area contributed by atoms with Crippen molar-refractivity contribution in [3.8, 4) is 0 Å². The molecule has 0 bridgehead atoms. The molecule has 162 valence electrons. The molecular weight excluding hydrogens is 428 g/mol. The molecule has 6 nitrogen and oxygen atoms in total. The number of aryl methyl sites for hydroxylation is 1. The summed E-state index contributed by atoms with van der Waals surface area (Å²) < 4.78 is 2.16. The Morgan fingerprint density at radius 3 is 2.55 bits per heavy atom. The monoisotopic (exact) mass is 454 g/mol. The van der Waals surface area contributed by atoms with Gasteiger partial charge in [0.25, 0.3) is 11.5 Å². The fourth-order valence-electron chi connectivity index (χ4n) is 4.18. The van der Waals surface area contributed by atoms with E-state index in [1.807, 2.05) is 18.2 Å². The van der Waals surface area contributed by atoms with E-state index in [1.165, 1.54) is 16.7 Å². The van der Waals surface area contributed by atoms with Crippen molar-refractivity contribution >= 4 is 56.9 Å². The van der Waals surface area contributed by atoms with E-state index in [2.05, 4.69) is 29.4 Å². The summed E-state index contributed by atoms with van der Waals surface area (Å²) in [6.45, 7) is 10.8. The number of carbonyl (C=O) groups excluding carboxylic acids is 1. The number of benzene rings is 1. The van der Waals surface area contributed by atoms with Gasteiger partial charge in [0, 0.05) is 45.2 Å². The number of thioether (sulfide) groups is 1. The zero-order valence-corrected chi connectivity index (χ0v) is 19.5. The van der Waals surface area contributed by atoms with Crippen molar-refractivity contribution in [3.63, 3.8) is 0 Å². The number of nitrogens with zero attached hydrogens (tertiary/aromatic N) is 4. The SMILES string of the molecule is C=CCN1C(=O)C(=Cc2c(N3CCN(CC)CC3)c3ccccc3n(C)c2=O)SC1=S. The smallest absolute Gasteiger partial charge is 0.266 e. The number of rotatable bonds is 5. The quantitative estimate of drug-likeness (QED) is 0.393. The van der Waals surface area contributed by atoms with Crippen LogP contribution in [0.15, 0.2) is 46.6 Å². The summed E-state index contributed by atoms with van der Waals surface area (Å²) in [5.41, 5.74) is 2.23. The highest BCUT2D eigenvalue weighted by Crippen LogP contribution is 2.36. The molecule has 31 heavy (non-hydrogen) atoms. The average Bonchev–Trinajstić information content (AvgIpc) is 3.05. The maximum atomic E-state index is 13.4. The van der Waals surface area contributed by atoms with Gasteiger partial charge in [0.05, 0.1) is 21.7 Å². The molecule has 0 spiro atoms. The minimum absolute atomic E-state index is 0.111. The maximum absolute atomic E-state index is 13.4. The van der Waals surface area contributed by atoms with Crippen LogP contribution in [0.5, 0.6) is 0 Å². The van der Waals surface area contributed by atoms with Crippen LogP contribution in [0.2, 0.25) is 0 Å². The molecule has 2 aliphatic rings. The number of thiocarbonyl (C=S) groups is 1. The number of piperazine rings is 1.